The van der Waals surface area contributed by atoms with Crippen LogP contribution in [0.15, 0.2) is 48.5 Å². The van der Waals surface area contributed by atoms with Gasteiger partial charge in [0.2, 0.25) is 0 Å². The number of nitrogens with zero attached hydrogens (tertiary/aromatic N) is 4. The Bertz CT molecular complexity index is 1410. The standard InChI is InChI=1S/C29H32F2N6O2/c1-29(2)25-22(26(34-33-25)32-27(38)21-11-6-12-23(30)24(21)31)17-37(29)28(39)36-16-19-10-7-13-35(19)15-20(36)14-18-8-4-3-5-9-18/h3-6,8-9,11-12,19-20H,7,10,13-17H2,1-2H3,(H2,32,33,34,38)/t19-,20-/m0/s1. The summed E-state index contributed by atoms with van der Waals surface area (Å²) in [6, 6.07) is 14.1. The van der Waals surface area contributed by atoms with E-state index in [9.17, 15) is 18.4 Å². The highest BCUT2D eigenvalue weighted by Crippen LogP contribution is 2.42. The molecule has 0 spiro atoms. The molecule has 39 heavy (non-hydrogen) atoms. The third-order valence-corrected chi connectivity index (χ3v) is 8.48. The molecule has 0 aliphatic carbocycles. The highest BCUT2D eigenvalue weighted by Gasteiger charge is 2.48. The van der Waals surface area contributed by atoms with E-state index in [0.717, 1.165) is 38.4 Å². The second-order valence-electron chi connectivity index (χ2n) is 11.2. The van der Waals surface area contributed by atoms with Crippen molar-refractivity contribution in [2.24, 2.45) is 0 Å². The third-order valence-electron chi connectivity index (χ3n) is 8.48. The number of amides is 3. The van der Waals surface area contributed by atoms with E-state index in [-0.39, 0.29) is 24.4 Å². The molecule has 0 unspecified atom stereocenters. The van der Waals surface area contributed by atoms with Gasteiger partial charge in [-0.2, -0.15) is 5.10 Å². The van der Waals surface area contributed by atoms with E-state index in [2.05, 4.69) is 32.5 Å². The van der Waals surface area contributed by atoms with E-state index in [1.54, 1.807) is 0 Å². The van der Waals surface area contributed by atoms with Crippen LogP contribution in [0.2, 0.25) is 0 Å². The van der Waals surface area contributed by atoms with E-state index in [1.165, 1.54) is 17.7 Å². The smallest absolute Gasteiger partial charge is 0.318 e. The molecule has 3 aromatic rings. The van der Waals surface area contributed by atoms with Crippen LogP contribution in [0.25, 0.3) is 0 Å². The number of halogens is 2. The Hall–Kier alpha value is -3.79. The summed E-state index contributed by atoms with van der Waals surface area (Å²) in [6.07, 6.45) is 3.00. The highest BCUT2D eigenvalue weighted by molar-refractivity contribution is 6.04. The molecule has 2 N–H and O–H groups in total. The summed E-state index contributed by atoms with van der Waals surface area (Å²) in [4.78, 5) is 33.4. The van der Waals surface area contributed by atoms with Crippen molar-refractivity contribution in [3.8, 4) is 0 Å². The normalized spacial score (nSPS) is 22.1. The molecule has 4 heterocycles. The van der Waals surface area contributed by atoms with Crippen LogP contribution in [0.3, 0.4) is 0 Å². The van der Waals surface area contributed by atoms with Crippen molar-refractivity contribution >= 4 is 17.8 Å². The van der Waals surface area contributed by atoms with Crippen LogP contribution in [0.4, 0.5) is 19.4 Å². The molecule has 2 fully saturated rings. The summed E-state index contributed by atoms with van der Waals surface area (Å²) < 4.78 is 27.9. The zero-order chi connectivity index (χ0) is 27.3. The molecule has 10 heteroatoms. The van der Waals surface area contributed by atoms with Crippen molar-refractivity contribution in [2.45, 2.75) is 57.3 Å². The van der Waals surface area contributed by atoms with Crippen molar-refractivity contribution in [3.63, 3.8) is 0 Å². The highest BCUT2D eigenvalue weighted by atomic mass is 19.2. The van der Waals surface area contributed by atoms with Crippen LogP contribution in [0, 0.1) is 11.6 Å². The van der Waals surface area contributed by atoms with Gasteiger partial charge in [0.05, 0.1) is 29.4 Å². The molecule has 2 aromatic carbocycles. The Morgan fingerprint density at radius 2 is 1.90 bits per heavy atom. The fourth-order valence-electron chi connectivity index (χ4n) is 6.32. The largest absolute Gasteiger partial charge is 0.321 e. The second kappa shape index (κ2) is 9.75. The Balaban J connectivity index is 1.24. The Labute approximate surface area is 226 Å². The van der Waals surface area contributed by atoms with Crippen LogP contribution >= 0.6 is 0 Å². The van der Waals surface area contributed by atoms with Gasteiger partial charge in [0.15, 0.2) is 17.5 Å². The molecule has 8 nitrogen and oxygen atoms in total. The zero-order valence-corrected chi connectivity index (χ0v) is 22.1. The Kier molecular flexibility index (Phi) is 6.37. The first-order valence-electron chi connectivity index (χ1n) is 13.4. The topological polar surface area (TPSA) is 84.6 Å². The number of rotatable bonds is 4. The summed E-state index contributed by atoms with van der Waals surface area (Å²) in [6.45, 7) is 6.72. The number of carbonyl (C=O) groups is 2. The van der Waals surface area contributed by atoms with Gasteiger partial charge in [-0.1, -0.05) is 36.4 Å². The van der Waals surface area contributed by atoms with Gasteiger partial charge in [0, 0.05) is 24.7 Å². The molecule has 0 bridgehead atoms. The number of nitrogens with one attached hydrogen (secondary N) is 2. The molecule has 0 saturated carbocycles. The average Bonchev–Trinajstić information content (AvgIpc) is 3.61. The number of hydrogen-bond acceptors (Lipinski definition) is 4. The molecule has 6 rings (SSSR count). The third kappa shape index (κ3) is 4.46. The lowest BCUT2D eigenvalue weighted by atomic mass is 9.99. The minimum Gasteiger partial charge on any atom is -0.318 e. The minimum atomic E-state index is -1.21. The fourth-order valence-corrected chi connectivity index (χ4v) is 6.32. The van der Waals surface area contributed by atoms with E-state index in [1.807, 2.05) is 41.8 Å². The lowest BCUT2D eigenvalue weighted by Gasteiger charge is -2.46. The first kappa shape index (κ1) is 25.5. The van der Waals surface area contributed by atoms with Gasteiger partial charge in [0.25, 0.3) is 5.91 Å². The number of aromatic amines is 1. The van der Waals surface area contributed by atoms with Gasteiger partial charge in [-0.05, 0) is 57.4 Å². The number of aromatic nitrogens is 2. The molecule has 1 aromatic heterocycles. The van der Waals surface area contributed by atoms with Crippen LogP contribution in [0.5, 0.6) is 0 Å². The SMILES string of the molecule is CC1(C)c2[nH]nc(NC(=O)c3cccc(F)c3F)c2CN1C(=O)N1C[C@@H]2CCCN2C[C@@H]1Cc1ccccc1. The van der Waals surface area contributed by atoms with Crippen LogP contribution in [-0.2, 0) is 18.5 Å². The number of anilines is 1. The predicted octanol–water partition coefficient (Wildman–Crippen LogP) is 4.50. The van der Waals surface area contributed by atoms with E-state index in [0.29, 0.717) is 23.8 Å². The van der Waals surface area contributed by atoms with E-state index < -0.39 is 28.6 Å². The lowest BCUT2D eigenvalue weighted by molar-refractivity contribution is 0.0400. The number of hydrogen-bond donors (Lipinski definition) is 2. The van der Waals surface area contributed by atoms with Crippen LogP contribution < -0.4 is 5.32 Å². The molecule has 3 aliphatic heterocycles. The van der Waals surface area contributed by atoms with Crippen LogP contribution in [-0.4, -0.2) is 68.6 Å². The number of benzene rings is 2. The maximum atomic E-state index is 14.2. The van der Waals surface area contributed by atoms with Gasteiger partial charge >= 0.3 is 6.03 Å². The molecular formula is C29H32F2N6O2. The van der Waals surface area contributed by atoms with Crippen molar-refractivity contribution in [1.82, 2.24) is 24.9 Å². The average molecular weight is 535 g/mol. The molecule has 2 atom stereocenters. The van der Waals surface area contributed by atoms with E-state index >= 15 is 0 Å². The van der Waals surface area contributed by atoms with Crippen molar-refractivity contribution < 1.29 is 18.4 Å². The predicted molar refractivity (Wildman–Crippen MR) is 142 cm³/mol. The monoisotopic (exact) mass is 534 g/mol. The molecular weight excluding hydrogens is 502 g/mol. The number of H-pyrrole nitrogens is 1. The minimum absolute atomic E-state index is 0.0391. The number of piperazine rings is 1. The van der Waals surface area contributed by atoms with Crippen LogP contribution in [0.1, 0.15) is 53.9 Å². The van der Waals surface area contributed by atoms with Gasteiger partial charge in [-0.15, -0.1) is 0 Å². The summed E-state index contributed by atoms with van der Waals surface area (Å²) in [7, 11) is 0. The summed E-state index contributed by atoms with van der Waals surface area (Å²) >= 11 is 0. The van der Waals surface area contributed by atoms with Crippen molar-refractivity contribution in [1.29, 1.82) is 0 Å². The van der Waals surface area contributed by atoms with Gasteiger partial charge in [-0.3, -0.25) is 14.8 Å². The van der Waals surface area contributed by atoms with Crippen molar-refractivity contribution in [2.75, 3.05) is 25.0 Å². The molecule has 3 amide bonds. The number of fused-ring (bicyclic) bond motifs is 2. The number of urea groups is 1. The molecule has 2 saturated heterocycles. The van der Waals surface area contributed by atoms with E-state index in [4.69, 9.17) is 0 Å². The van der Waals surface area contributed by atoms with Gasteiger partial charge in [-0.25, -0.2) is 13.6 Å². The lowest BCUT2D eigenvalue weighted by Crippen LogP contribution is -2.62. The molecule has 0 radical (unpaired) electrons. The van der Waals surface area contributed by atoms with Gasteiger partial charge in [0.1, 0.15) is 0 Å². The Morgan fingerprint density at radius 1 is 1.10 bits per heavy atom. The Morgan fingerprint density at radius 3 is 2.69 bits per heavy atom. The summed E-state index contributed by atoms with van der Waals surface area (Å²) in [5, 5.41) is 9.83. The first-order valence-corrected chi connectivity index (χ1v) is 13.4. The zero-order valence-electron chi connectivity index (χ0n) is 22.1. The summed E-state index contributed by atoms with van der Waals surface area (Å²) in [5.41, 5.74) is 1.46. The van der Waals surface area contributed by atoms with Crippen molar-refractivity contribution in [3.05, 3.63) is 82.5 Å². The van der Waals surface area contributed by atoms with Gasteiger partial charge < -0.3 is 15.1 Å². The molecule has 204 valence electrons. The molecule has 3 aliphatic rings. The maximum absolute atomic E-state index is 14.2. The summed E-state index contributed by atoms with van der Waals surface area (Å²) in [5.74, 6) is -2.90. The first-order chi connectivity index (χ1) is 18.7. The maximum Gasteiger partial charge on any atom is 0.321 e. The number of carbonyl (C=O) groups excluding carboxylic acids is 2. The quantitative estimate of drug-likeness (QED) is 0.516. The fraction of sp³-hybridized carbons (Fsp3) is 0.414. The second-order valence-corrected chi connectivity index (χ2v) is 11.2.